The summed E-state index contributed by atoms with van der Waals surface area (Å²) in [5, 5.41) is 6.95. The molecule has 0 aliphatic carbocycles. The lowest BCUT2D eigenvalue weighted by atomic mass is 10.1. The van der Waals surface area contributed by atoms with Crippen molar-refractivity contribution >= 4 is 40.6 Å². The minimum Gasteiger partial charge on any atom is -0.493 e. The quantitative estimate of drug-likeness (QED) is 0.491. The summed E-state index contributed by atoms with van der Waals surface area (Å²) >= 11 is 11.4. The molecule has 28 heavy (non-hydrogen) atoms. The summed E-state index contributed by atoms with van der Waals surface area (Å²) in [5.41, 5.74) is 2.03. The first-order chi connectivity index (χ1) is 13.5. The molecule has 0 aliphatic rings. The molecule has 0 aliphatic heterocycles. The predicted molar refractivity (Wildman–Crippen MR) is 115 cm³/mol. The van der Waals surface area contributed by atoms with E-state index in [2.05, 4.69) is 10.6 Å². The van der Waals surface area contributed by atoms with Crippen LogP contribution in [0.5, 0.6) is 11.5 Å². The van der Waals surface area contributed by atoms with Gasteiger partial charge in [-0.2, -0.15) is 0 Å². The van der Waals surface area contributed by atoms with Crippen LogP contribution < -0.4 is 20.1 Å². The van der Waals surface area contributed by atoms with Gasteiger partial charge < -0.3 is 24.8 Å². The summed E-state index contributed by atoms with van der Waals surface area (Å²) in [6, 6.07) is 10.8. The Morgan fingerprint density at radius 1 is 1.11 bits per heavy atom. The molecule has 8 heteroatoms. The molecular weight excluding hydrogens is 400 g/mol. The van der Waals surface area contributed by atoms with E-state index >= 15 is 0 Å². The van der Waals surface area contributed by atoms with Gasteiger partial charge in [0.05, 0.1) is 31.4 Å². The van der Waals surface area contributed by atoms with Crippen LogP contribution in [-0.4, -0.2) is 38.5 Å². The molecule has 0 aromatic heterocycles. The first-order valence-corrected chi connectivity index (χ1v) is 9.49. The van der Waals surface area contributed by atoms with E-state index in [4.69, 9.17) is 38.0 Å². The zero-order valence-corrected chi connectivity index (χ0v) is 17.6. The van der Waals surface area contributed by atoms with Crippen molar-refractivity contribution in [3.63, 3.8) is 0 Å². The van der Waals surface area contributed by atoms with Gasteiger partial charge in [0.25, 0.3) is 0 Å². The van der Waals surface area contributed by atoms with Gasteiger partial charge in [-0.3, -0.25) is 0 Å². The van der Waals surface area contributed by atoms with Gasteiger partial charge in [0.2, 0.25) is 0 Å². The van der Waals surface area contributed by atoms with Crippen molar-refractivity contribution in [3.8, 4) is 11.5 Å². The van der Waals surface area contributed by atoms with E-state index in [1.54, 1.807) is 39.3 Å². The second-order valence-corrected chi connectivity index (χ2v) is 6.55. The van der Waals surface area contributed by atoms with E-state index in [9.17, 15) is 4.79 Å². The molecule has 0 spiro atoms. The first-order valence-electron chi connectivity index (χ1n) is 8.71. The number of esters is 1. The topological polar surface area (TPSA) is 68.8 Å². The minimum absolute atomic E-state index is 0.281. The highest BCUT2D eigenvalue weighted by Crippen LogP contribution is 2.27. The Morgan fingerprint density at radius 2 is 1.86 bits per heavy atom. The molecule has 6 nitrogen and oxygen atoms in total. The highest BCUT2D eigenvalue weighted by molar-refractivity contribution is 7.80. The van der Waals surface area contributed by atoms with Gasteiger partial charge in [-0.1, -0.05) is 17.7 Å². The van der Waals surface area contributed by atoms with Crippen LogP contribution in [0.1, 0.15) is 22.8 Å². The van der Waals surface area contributed by atoms with Crippen LogP contribution in [0.3, 0.4) is 0 Å². The Hall–Kier alpha value is -2.51. The zero-order chi connectivity index (χ0) is 20.5. The number of rotatable bonds is 8. The molecule has 0 bridgehead atoms. The molecule has 0 unspecified atom stereocenters. The van der Waals surface area contributed by atoms with Crippen molar-refractivity contribution in [2.75, 3.05) is 32.7 Å². The summed E-state index contributed by atoms with van der Waals surface area (Å²) in [7, 11) is 3.21. The molecule has 0 fully saturated rings. The number of ether oxygens (including phenoxy) is 3. The minimum atomic E-state index is -0.469. The van der Waals surface area contributed by atoms with Crippen LogP contribution in [0.4, 0.5) is 5.69 Å². The Bertz CT molecular complexity index is 845. The Balaban J connectivity index is 1.91. The summed E-state index contributed by atoms with van der Waals surface area (Å²) in [4.78, 5) is 11.9. The van der Waals surface area contributed by atoms with Gasteiger partial charge in [-0.15, -0.1) is 0 Å². The van der Waals surface area contributed by atoms with Crippen molar-refractivity contribution < 1.29 is 19.0 Å². The molecule has 0 saturated carbocycles. The summed E-state index contributed by atoms with van der Waals surface area (Å²) < 4.78 is 15.5. The predicted octanol–water partition coefficient (Wildman–Crippen LogP) is 4.06. The third kappa shape index (κ3) is 6.00. The average Bonchev–Trinajstić information content (AvgIpc) is 2.69. The third-order valence-corrected chi connectivity index (χ3v) is 4.44. The number of methoxy groups -OCH3 is 2. The maximum Gasteiger partial charge on any atom is 0.339 e. The SMILES string of the molecule is CCOC(=O)c1cc(NC(=S)NCCc2ccc(OC)c(OC)c2)ccc1Cl. The van der Waals surface area contributed by atoms with Crippen LogP contribution in [0.15, 0.2) is 36.4 Å². The largest absolute Gasteiger partial charge is 0.493 e. The lowest BCUT2D eigenvalue weighted by molar-refractivity contribution is 0.0526. The number of thiocarbonyl (C=S) groups is 1. The summed E-state index contributed by atoms with van der Waals surface area (Å²) in [6.45, 7) is 2.65. The number of nitrogens with one attached hydrogen (secondary N) is 2. The van der Waals surface area contributed by atoms with Gasteiger partial charge >= 0.3 is 5.97 Å². The summed E-state index contributed by atoms with van der Waals surface area (Å²) in [5.74, 6) is 0.911. The van der Waals surface area contributed by atoms with Crippen molar-refractivity contribution in [3.05, 3.63) is 52.5 Å². The second kappa shape index (κ2) is 10.7. The van der Waals surface area contributed by atoms with Crippen molar-refractivity contribution in [1.29, 1.82) is 0 Å². The van der Waals surface area contributed by atoms with Gasteiger partial charge in [-0.05, 0) is 61.5 Å². The fourth-order valence-electron chi connectivity index (χ4n) is 2.50. The Labute approximate surface area is 175 Å². The van der Waals surface area contributed by atoms with Crippen LogP contribution in [-0.2, 0) is 11.2 Å². The number of carbonyl (C=O) groups is 1. The second-order valence-electron chi connectivity index (χ2n) is 5.74. The van der Waals surface area contributed by atoms with E-state index < -0.39 is 5.97 Å². The molecule has 0 amide bonds. The van der Waals surface area contributed by atoms with E-state index in [-0.39, 0.29) is 6.61 Å². The number of hydrogen-bond donors (Lipinski definition) is 2. The molecule has 0 radical (unpaired) electrons. The van der Waals surface area contributed by atoms with Crippen LogP contribution in [0.25, 0.3) is 0 Å². The van der Waals surface area contributed by atoms with Crippen LogP contribution in [0.2, 0.25) is 5.02 Å². The lowest BCUT2D eigenvalue weighted by Crippen LogP contribution is -2.30. The molecule has 0 atom stereocenters. The maximum atomic E-state index is 11.9. The van der Waals surface area contributed by atoms with Crippen molar-refractivity contribution in [1.82, 2.24) is 5.32 Å². The molecule has 0 heterocycles. The van der Waals surface area contributed by atoms with E-state index in [1.165, 1.54) is 0 Å². The molecule has 0 saturated heterocycles. The molecule has 150 valence electrons. The number of hydrogen-bond acceptors (Lipinski definition) is 5. The van der Waals surface area contributed by atoms with Gasteiger partial charge in [0.15, 0.2) is 16.6 Å². The number of carbonyl (C=O) groups excluding carboxylic acids is 1. The lowest BCUT2D eigenvalue weighted by Gasteiger charge is -2.13. The monoisotopic (exact) mass is 422 g/mol. The van der Waals surface area contributed by atoms with E-state index in [1.807, 2.05) is 18.2 Å². The molecule has 2 aromatic rings. The maximum absolute atomic E-state index is 11.9. The Kier molecular flexibility index (Phi) is 8.35. The first kappa shape index (κ1) is 21.8. The normalized spacial score (nSPS) is 10.1. The van der Waals surface area contributed by atoms with Crippen molar-refractivity contribution in [2.24, 2.45) is 0 Å². The standard InChI is InChI=1S/C20H23ClN2O4S/c1-4-27-19(24)15-12-14(6-7-16(15)21)23-20(28)22-10-9-13-5-8-17(25-2)18(11-13)26-3/h5-8,11-12H,4,9-10H2,1-3H3,(H2,22,23,28). The van der Waals surface area contributed by atoms with E-state index in [0.717, 1.165) is 12.0 Å². The van der Waals surface area contributed by atoms with Gasteiger partial charge in [0.1, 0.15) is 0 Å². The van der Waals surface area contributed by atoms with Gasteiger partial charge in [-0.25, -0.2) is 4.79 Å². The molecular formula is C20H23ClN2O4S. The average molecular weight is 423 g/mol. The van der Waals surface area contributed by atoms with E-state index in [0.29, 0.717) is 39.4 Å². The molecule has 2 N–H and O–H groups in total. The molecule has 2 aromatic carbocycles. The van der Waals surface area contributed by atoms with Gasteiger partial charge in [0, 0.05) is 12.2 Å². The summed E-state index contributed by atoms with van der Waals surface area (Å²) in [6.07, 6.45) is 0.747. The molecule has 2 rings (SSSR count). The highest BCUT2D eigenvalue weighted by Gasteiger charge is 2.12. The zero-order valence-electron chi connectivity index (χ0n) is 16.0. The smallest absolute Gasteiger partial charge is 0.339 e. The third-order valence-electron chi connectivity index (χ3n) is 3.87. The van der Waals surface area contributed by atoms with Crippen LogP contribution >= 0.6 is 23.8 Å². The fraction of sp³-hybridized carbons (Fsp3) is 0.300. The number of anilines is 1. The Morgan fingerprint density at radius 3 is 2.54 bits per heavy atom. The fourth-order valence-corrected chi connectivity index (χ4v) is 2.91. The number of halogens is 1. The highest BCUT2D eigenvalue weighted by atomic mass is 35.5. The number of benzene rings is 2. The van der Waals surface area contributed by atoms with Crippen LogP contribution in [0, 0.1) is 0 Å². The van der Waals surface area contributed by atoms with Crippen molar-refractivity contribution in [2.45, 2.75) is 13.3 Å².